The van der Waals surface area contributed by atoms with Gasteiger partial charge in [-0.3, -0.25) is 13.9 Å². The van der Waals surface area contributed by atoms with Gasteiger partial charge in [-0.2, -0.15) is 10.4 Å². The number of nitrogen functional groups attached to an aromatic ring is 1. The van der Waals surface area contributed by atoms with E-state index in [-0.39, 0.29) is 24.7 Å². The van der Waals surface area contributed by atoms with E-state index in [9.17, 15) is 24.9 Å². The molecule has 0 aliphatic carbocycles. The molecular formula is C40H61Cl2N6O8P. The summed E-state index contributed by atoms with van der Waals surface area (Å²) in [5.41, 5.74) is 8.36. The van der Waals surface area contributed by atoms with Crippen molar-refractivity contribution in [2.45, 2.75) is 147 Å². The predicted octanol–water partition coefficient (Wildman–Crippen LogP) is 8.67. The molecule has 1 aromatic carbocycles. The van der Waals surface area contributed by atoms with E-state index in [4.69, 9.17) is 47.5 Å². The first-order valence-corrected chi connectivity index (χ1v) is 22.7. The molecule has 0 saturated heterocycles. The highest BCUT2D eigenvalue weighted by Crippen LogP contribution is 2.44. The number of hydrogen-bond donors (Lipinski definition) is 4. The molecule has 2 aromatic heterocycles. The number of phosphoric ester groups is 1. The number of aliphatic hydroxyl groups excluding tert-OH is 2. The number of fused-ring (bicyclic) bond motifs is 2. The van der Waals surface area contributed by atoms with Crippen LogP contribution in [0.4, 0.5) is 5.82 Å². The zero-order valence-electron chi connectivity index (χ0n) is 33.2. The summed E-state index contributed by atoms with van der Waals surface area (Å²) in [5, 5.41) is 36.0. The quantitative estimate of drug-likeness (QED) is 0.0283. The van der Waals surface area contributed by atoms with Crippen LogP contribution in [0.25, 0.3) is 5.52 Å². The largest absolute Gasteiger partial charge is 0.472 e. The van der Waals surface area contributed by atoms with Gasteiger partial charge in [-0.15, -0.1) is 0 Å². The van der Waals surface area contributed by atoms with Crippen molar-refractivity contribution in [3.63, 3.8) is 0 Å². The maximum Gasteiger partial charge on any atom is 0.472 e. The average Bonchev–Trinajstić information content (AvgIpc) is 3.81. The van der Waals surface area contributed by atoms with E-state index in [0.717, 1.165) is 30.4 Å². The van der Waals surface area contributed by atoms with Gasteiger partial charge in [-0.25, -0.2) is 14.1 Å². The van der Waals surface area contributed by atoms with Crippen molar-refractivity contribution in [1.82, 2.24) is 19.5 Å². The van der Waals surface area contributed by atoms with Crippen LogP contribution in [0.3, 0.4) is 0 Å². The maximum absolute atomic E-state index is 13.1. The van der Waals surface area contributed by atoms with Crippen LogP contribution in [0.2, 0.25) is 10.0 Å². The minimum absolute atomic E-state index is 0.123. The summed E-state index contributed by atoms with van der Waals surface area (Å²) >= 11 is 12.6. The Labute approximate surface area is 347 Å². The number of halogens is 2. The van der Waals surface area contributed by atoms with Crippen molar-refractivity contribution in [1.29, 1.82) is 5.26 Å². The smallest absolute Gasteiger partial charge is 0.419 e. The monoisotopic (exact) mass is 854 g/mol. The Bertz CT molecular complexity index is 1700. The molecule has 1 aliphatic heterocycles. The molecule has 0 saturated carbocycles. The van der Waals surface area contributed by atoms with Gasteiger partial charge in [0.25, 0.3) is 6.26 Å². The summed E-state index contributed by atoms with van der Waals surface area (Å²) in [7, 11) is -4.76. The Morgan fingerprint density at radius 1 is 0.860 bits per heavy atom. The third-order valence-corrected chi connectivity index (χ3v) is 12.2. The Kier molecular flexibility index (Phi) is 20.8. The number of nitrogens with two attached hydrogens (primary N) is 1. The van der Waals surface area contributed by atoms with Crippen molar-refractivity contribution < 1.29 is 38.2 Å². The van der Waals surface area contributed by atoms with Crippen molar-refractivity contribution in [2.75, 3.05) is 32.2 Å². The molecule has 4 rings (SSSR count). The summed E-state index contributed by atoms with van der Waals surface area (Å²) in [5.74, 6) is 0.152. The van der Waals surface area contributed by atoms with Gasteiger partial charge in [0.15, 0.2) is 11.9 Å². The lowest BCUT2D eigenvalue weighted by molar-refractivity contribution is -0.0800. The standard InChI is InChI=1S/C40H61Cl2N6O8P/c1-2-3-4-5-6-7-8-9-10-11-12-13-14-15-16-17-20-53-25-32(47-23-30-21-33(41)34(42)22-31(30)24-47)26-55-57(51,52)56-27-37(54-28-43)39(50)38(49)35-18-19-36-40(44)45-29-46-48(35)36/h18-19,21-22,29,32,37-39,49-50H,2-17,20,23-27H2,1H3,(H,51,52)(H2,44,45,46)/t32-,37-,38+,39-/m1/s1. The highest BCUT2D eigenvalue weighted by molar-refractivity contribution is 7.47. The SMILES string of the molecule is CCCCCCCCCCCCCCCCCCOC[C@H](COP(=O)(O)OC[C@@H](OC#N)[C@@H](O)[C@@H](O)c1ccc2c(N)ncnn12)N1Cc2cc(Cl)c(Cl)cc2C1. The van der Waals surface area contributed by atoms with E-state index in [1.807, 2.05) is 12.1 Å². The molecule has 0 radical (unpaired) electrons. The average molecular weight is 856 g/mol. The van der Waals surface area contributed by atoms with E-state index < -0.39 is 38.8 Å². The van der Waals surface area contributed by atoms with Gasteiger partial charge < -0.3 is 30.3 Å². The molecule has 3 aromatic rings. The second-order valence-corrected chi connectivity index (χ2v) is 17.2. The fourth-order valence-corrected chi connectivity index (χ4v) is 8.28. The van der Waals surface area contributed by atoms with Crippen LogP contribution >= 0.6 is 31.0 Å². The fourth-order valence-electron chi connectivity index (χ4n) is 7.14. The van der Waals surface area contributed by atoms with E-state index in [0.29, 0.717) is 35.3 Å². The molecule has 1 unspecified atom stereocenters. The number of aliphatic hydroxyl groups is 2. The second-order valence-electron chi connectivity index (χ2n) is 14.9. The van der Waals surface area contributed by atoms with Gasteiger partial charge in [0.1, 0.15) is 24.1 Å². The van der Waals surface area contributed by atoms with Crippen molar-refractivity contribution in [3.05, 3.63) is 57.5 Å². The number of hydrogen-bond acceptors (Lipinski definition) is 12. The van der Waals surface area contributed by atoms with E-state index in [2.05, 4.69) is 21.9 Å². The van der Waals surface area contributed by atoms with Gasteiger partial charge in [0.05, 0.1) is 41.6 Å². The van der Waals surface area contributed by atoms with Crippen LogP contribution in [0.15, 0.2) is 30.6 Å². The summed E-state index contributed by atoms with van der Waals surface area (Å²) in [4.78, 5) is 16.6. The molecule has 3 heterocycles. The first kappa shape index (κ1) is 47.1. The van der Waals surface area contributed by atoms with Crippen LogP contribution < -0.4 is 5.73 Å². The van der Waals surface area contributed by atoms with Crippen LogP contribution in [0.1, 0.15) is 133 Å². The van der Waals surface area contributed by atoms with Gasteiger partial charge in [-0.05, 0) is 41.8 Å². The normalized spacial score (nSPS) is 16.2. The van der Waals surface area contributed by atoms with Gasteiger partial charge >= 0.3 is 7.82 Å². The van der Waals surface area contributed by atoms with Gasteiger partial charge in [-0.1, -0.05) is 126 Å². The topological polar surface area (TPSA) is 198 Å². The molecule has 0 bridgehead atoms. The molecule has 0 amide bonds. The van der Waals surface area contributed by atoms with Crippen molar-refractivity contribution in [3.8, 4) is 6.26 Å². The number of rotatable bonds is 30. The van der Waals surface area contributed by atoms with Crippen LogP contribution in [0.5, 0.6) is 0 Å². The summed E-state index contributed by atoms with van der Waals surface area (Å²) < 4.78 is 36.0. The fraction of sp³-hybridized carbons (Fsp3) is 0.675. The van der Waals surface area contributed by atoms with Crippen LogP contribution in [0, 0.1) is 11.5 Å². The molecule has 0 fully saturated rings. The van der Waals surface area contributed by atoms with Crippen molar-refractivity contribution >= 4 is 42.4 Å². The molecular weight excluding hydrogens is 794 g/mol. The number of nitrogens with zero attached hydrogens (tertiary/aromatic N) is 5. The third-order valence-electron chi connectivity index (χ3n) is 10.5. The van der Waals surface area contributed by atoms with Crippen LogP contribution in [-0.2, 0) is 36.2 Å². The van der Waals surface area contributed by atoms with Crippen molar-refractivity contribution in [2.24, 2.45) is 0 Å². The van der Waals surface area contributed by atoms with Gasteiger partial charge in [0.2, 0.25) is 0 Å². The minimum Gasteiger partial charge on any atom is -0.419 e. The second kappa shape index (κ2) is 25.2. The summed E-state index contributed by atoms with van der Waals surface area (Å²) in [6.45, 7) is 3.07. The minimum atomic E-state index is -4.76. The predicted molar refractivity (Wildman–Crippen MR) is 220 cm³/mol. The zero-order chi connectivity index (χ0) is 41.0. The number of nitriles is 1. The lowest BCUT2D eigenvalue weighted by Crippen LogP contribution is -2.39. The molecule has 1 aliphatic rings. The molecule has 318 valence electrons. The van der Waals surface area contributed by atoms with Gasteiger partial charge in [0, 0.05) is 19.7 Å². The molecule has 14 nitrogen and oxygen atoms in total. The summed E-state index contributed by atoms with van der Waals surface area (Å²) in [6, 6.07) is 6.23. The number of unbranched alkanes of at least 4 members (excludes halogenated alkanes) is 15. The first-order chi connectivity index (χ1) is 27.5. The van der Waals surface area contributed by atoms with E-state index in [1.165, 1.54) is 107 Å². The van der Waals surface area contributed by atoms with E-state index in [1.54, 1.807) is 6.07 Å². The van der Waals surface area contributed by atoms with Crippen LogP contribution in [-0.4, -0.2) is 79.3 Å². The first-order valence-electron chi connectivity index (χ1n) is 20.4. The third kappa shape index (κ3) is 15.5. The molecule has 5 atom stereocenters. The zero-order valence-corrected chi connectivity index (χ0v) is 35.6. The summed E-state index contributed by atoms with van der Waals surface area (Å²) in [6.07, 6.45) is 18.2. The maximum atomic E-state index is 13.1. The number of anilines is 1. The Balaban J connectivity index is 1.20. The number of aromatic nitrogens is 3. The lowest BCUT2D eigenvalue weighted by atomic mass is 10.0. The Morgan fingerprint density at radius 3 is 1.96 bits per heavy atom. The number of ether oxygens (including phenoxy) is 2. The number of benzene rings is 1. The Hall–Kier alpha value is -2.54. The lowest BCUT2D eigenvalue weighted by Gasteiger charge is -2.28. The Morgan fingerprint density at radius 2 is 1.40 bits per heavy atom. The molecule has 0 spiro atoms. The van der Waals surface area contributed by atoms with E-state index >= 15 is 0 Å². The number of phosphoric acid groups is 1. The molecule has 57 heavy (non-hydrogen) atoms. The highest BCUT2D eigenvalue weighted by atomic mass is 35.5. The molecule has 17 heteroatoms. The highest BCUT2D eigenvalue weighted by Gasteiger charge is 2.36. The molecule has 5 N–H and O–H groups in total.